The van der Waals surface area contributed by atoms with Gasteiger partial charge in [-0.15, -0.1) is 0 Å². The smallest absolute Gasteiger partial charge is 0.352 e. The van der Waals surface area contributed by atoms with E-state index in [0.717, 1.165) is 10.9 Å². The van der Waals surface area contributed by atoms with Crippen molar-refractivity contribution in [2.75, 3.05) is 0 Å². The number of aromatic nitrogens is 1. The number of aromatic hydroxyl groups is 1. The molecule has 0 aliphatic rings. The van der Waals surface area contributed by atoms with Crippen molar-refractivity contribution >= 4 is 16.9 Å². The second-order valence-electron chi connectivity index (χ2n) is 3.32. The van der Waals surface area contributed by atoms with Gasteiger partial charge in [-0.1, -0.05) is 0 Å². The van der Waals surface area contributed by atoms with Gasteiger partial charge in [0.15, 0.2) is 0 Å². The molecule has 2 rings (SSSR count). The lowest BCUT2D eigenvalue weighted by molar-refractivity contribution is 0.0686. The predicted octanol–water partition coefficient (Wildman–Crippen LogP) is 2.06. The van der Waals surface area contributed by atoms with E-state index in [-0.39, 0.29) is 11.4 Å². The van der Waals surface area contributed by atoms with Crippen LogP contribution in [0.4, 0.5) is 0 Å². The maximum Gasteiger partial charge on any atom is 0.352 e. The average Bonchev–Trinajstić information content (AvgIpc) is 2.55. The van der Waals surface area contributed by atoms with Crippen LogP contribution in [0.2, 0.25) is 0 Å². The SMILES string of the molecule is CCn1c(C(=O)O)cc2cc(O)ccc21. The Kier molecular flexibility index (Phi) is 2.11. The third kappa shape index (κ3) is 1.44. The van der Waals surface area contributed by atoms with E-state index < -0.39 is 5.97 Å². The van der Waals surface area contributed by atoms with Crippen molar-refractivity contribution in [3.05, 3.63) is 30.0 Å². The molecule has 1 aromatic heterocycles. The largest absolute Gasteiger partial charge is 0.508 e. The number of rotatable bonds is 2. The minimum absolute atomic E-state index is 0.146. The van der Waals surface area contributed by atoms with Gasteiger partial charge in [0.2, 0.25) is 0 Å². The molecule has 0 radical (unpaired) electrons. The normalized spacial score (nSPS) is 10.7. The highest BCUT2D eigenvalue weighted by Gasteiger charge is 2.13. The van der Waals surface area contributed by atoms with Gasteiger partial charge in [0.1, 0.15) is 11.4 Å². The number of phenolic OH excluding ortho intramolecular Hbond substituents is 1. The van der Waals surface area contributed by atoms with E-state index >= 15 is 0 Å². The molecule has 4 nitrogen and oxygen atoms in total. The van der Waals surface area contributed by atoms with Crippen LogP contribution >= 0.6 is 0 Å². The quantitative estimate of drug-likeness (QED) is 0.788. The van der Waals surface area contributed by atoms with Gasteiger partial charge in [-0.25, -0.2) is 4.79 Å². The Morgan fingerprint density at radius 3 is 2.73 bits per heavy atom. The maximum atomic E-state index is 11.0. The number of benzene rings is 1. The molecule has 2 N–H and O–H groups in total. The molecular weight excluding hydrogens is 194 g/mol. The monoisotopic (exact) mass is 205 g/mol. The van der Waals surface area contributed by atoms with E-state index in [4.69, 9.17) is 5.11 Å². The molecule has 4 heteroatoms. The van der Waals surface area contributed by atoms with Crippen molar-refractivity contribution in [2.24, 2.45) is 0 Å². The lowest BCUT2D eigenvalue weighted by Crippen LogP contribution is -2.06. The molecule has 0 atom stereocenters. The number of carboxylic acids is 1. The van der Waals surface area contributed by atoms with E-state index in [2.05, 4.69) is 0 Å². The van der Waals surface area contributed by atoms with Gasteiger partial charge < -0.3 is 14.8 Å². The second-order valence-corrected chi connectivity index (χ2v) is 3.32. The first-order valence-corrected chi connectivity index (χ1v) is 4.69. The third-order valence-corrected chi connectivity index (χ3v) is 2.42. The summed E-state index contributed by atoms with van der Waals surface area (Å²) in [5, 5.41) is 19.0. The van der Waals surface area contributed by atoms with Crippen LogP contribution in [0.5, 0.6) is 5.75 Å². The fraction of sp³-hybridized carbons (Fsp3) is 0.182. The van der Waals surface area contributed by atoms with Crippen molar-refractivity contribution in [1.82, 2.24) is 4.57 Å². The maximum absolute atomic E-state index is 11.0. The van der Waals surface area contributed by atoms with Gasteiger partial charge in [0.25, 0.3) is 0 Å². The van der Waals surface area contributed by atoms with Crippen LogP contribution in [0.1, 0.15) is 17.4 Å². The highest BCUT2D eigenvalue weighted by molar-refractivity contribution is 5.95. The number of hydrogen-bond acceptors (Lipinski definition) is 2. The Morgan fingerprint density at radius 1 is 1.40 bits per heavy atom. The minimum Gasteiger partial charge on any atom is -0.508 e. The Balaban J connectivity index is 2.78. The van der Waals surface area contributed by atoms with Crippen LogP contribution in [0.3, 0.4) is 0 Å². The van der Waals surface area contributed by atoms with Crippen molar-refractivity contribution < 1.29 is 15.0 Å². The number of aryl methyl sites for hydroxylation is 1. The molecule has 78 valence electrons. The summed E-state index contributed by atoms with van der Waals surface area (Å²) in [6, 6.07) is 6.41. The Hall–Kier alpha value is -1.97. The van der Waals surface area contributed by atoms with Crippen molar-refractivity contribution in [3.63, 3.8) is 0 Å². The summed E-state index contributed by atoms with van der Waals surface area (Å²) in [6.45, 7) is 2.48. The van der Waals surface area contributed by atoms with Crippen LogP contribution in [-0.2, 0) is 6.54 Å². The summed E-state index contributed by atoms with van der Waals surface area (Å²) < 4.78 is 1.71. The number of aromatic carboxylic acids is 1. The lowest BCUT2D eigenvalue weighted by atomic mass is 10.2. The summed E-state index contributed by atoms with van der Waals surface area (Å²) >= 11 is 0. The van der Waals surface area contributed by atoms with Gasteiger partial charge in [-0.2, -0.15) is 0 Å². The highest BCUT2D eigenvalue weighted by Crippen LogP contribution is 2.23. The molecule has 0 spiro atoms. The van der Waals surface area contributed by atoms with Gasteiger partial charge in [-0.05, 0) is 31.2 Å². The number of fused-ring (bicyclic) bond motifs is 1. The molecule has 1 heterocycles. The standard InChI is InChI=1S/C11H11NO3/c1-2-12-9-4-3-8(13)5-7(9)6-10(12)11(14)15/h3-6,13H,2H2,1H3,(H,14,15). The molecule has 0 aliphatic heterocycles. The van der Waals surface area contributed by atoms with Crippen molar-refractivity contribution in [3.8, 4) is 5.75 Å². The molecule has 0 saturated carbocycles. The second kappa shape index (κ2) is 3.31. The molecule has 2 aromatic rings. The fourth-order valence-electron chi connectivity index (χ4n) is 1.78. The van der Waals surface area contributed by atoms with Crippen molar-refractivity contribution in [1.29, 1.82) is 0 Å². The lowest BCUT2D eigenvalue weighted by Gasteiger charge is -2.03. The van der Waals surface area contributed by atoms with Crippen LogP contribution in [0, 0.1) is 0 Å². The average molecular weight is 205 g/mol. The Bertz CT molecular complexity index is 528. The number of hydrogen-bond donors (Lipinski definition) is 2. The summed E-state index contributed by atoms with van der Waals surface area (Å²) in [7, 11) is 0. The molecule has 0 unspecified atom stereocenters. The summed E-state index contributed by atoms with van der Waals surface area (Å²) in [6.07, 6.45) is 0. The van der Waals surface area contributed by atoms with Crippen LogP contribution in [-0.4, -0.2) is 20.7 Å². The molecule has 0 bridgehead atoms. The molecule has 0 saturated heterocycles. The fourth-order valence-corrected chi connectivity index (χ4v) is 1.78. The zero-order valence-electron chi connectivity index (χ0n) is 8.27. The Morgan fingerprint density at radius 2 is 2.13 bits per heavy atom. The van der Waals surface area contributed by atoms with Crippen LogP contribution in [0.25, 0.3) is 10.9 Å². The summed E-state index contributed by atoms with van der Waals surface area (Å²) in [5.41, 5.74) is 1.07. The number of carboxylic acid groups (broad SMARTS) is 1. The molecule has 15 heavy (non-hydrogen) atoms. The van der Waals surface area contributed by atoms with Gasteiger partial charge in [0.05, 0.1) is 0 Å². The zero-order valence-corrected chi connectivity index (χ0v) is 8.27. The molecule has 0 fully saturated rings. The molecular formula is C11H11NO3. The van der Waals surface area contributed by atoms with Crippen molar-refractivity contribution in [2.45, 2.75) is 13.5 Å². The number of phenols is 1. The predicted molar refractivity (Wildman–Crippen MR) is 56.2 cm³/mol. The first-order chi connectivity index (χ1) is 7.13. The summed E-state index contributed by atoms with van der Waals surface area (Å²) in [5.74, 6) is -0.805. The first kappa shape index (κ1) is 9.58. The van der Waals surface area contributed by atoms with E-state index in [9.17, 15) is 9.90 Å². The van der Waals surface area contributed by atoms with Crippen LogP contribution < -0.4 is 0 Å². The van der Waals surface area contributed by atoms with Gasteiger partial charge in [-0.3, -0.25) is 0 Å². The topological polar surface area (TPSA) is 62.5 Å². The molecule has 0 aliphatic carbocycles. The first-order valence-electron chi connectivity index (χ1n) is 4.69. The molecule has 0 amide bonds. The third-order valence-electron chi connectivity index (χ3n) is 2.42. The number of nitrogens with zero attached hydrogens (tertiary/aromatic N) is 1. The van der Waals surface area contributed by atoms with Gasteiger partial charge >= 0.3 is 5.97 Å². The number of carbonyl (C=O) groups is 1. The minimum atomic E-state index is -0.951. The zero-order chi connectivity index (χ0) is 11.0. The summed E-state index contributed by atoms with van der Waals surface area (Å²) in [4.78, 5) is 11.0. The Labute approximate surface area is 86.4 Å². The van der Waals surface area contributed by atoms with Gasteiger partial charge in [0, 0.05) is 17.4 Å². The van der Waals surface area contributed by atoms with E-state index in [1.807, 2.05) is 6.92 Å². The molecule has 1 aromatic carbocycles. The van der Waals surface area contributed by atoms with E-state index in [1.54, 1.807) is 28.8 Å². The van der Waals surface area contributed by atoms with E-state index in [0.29, 0.717) is 6.54 Å². The highest BCUT2D eigenvalue weighted by atomic mass is 16.4. The van der Waals surface area contributed by atoms with Crippen LogP contribution in [0.15, 0.2) is 24.3 Å². The van der Waals surface area contributed by atoms with E-state index in [1.165, 1.54) is 0 Å².